The van der Waals surface area contributed by atoms with Gasteiger partial charge in [-0.2, -0.15) is 0 Å². The van der Waals surface area contributed by atoms with Gasteiger partial charge in [-0.05, 0) is 81.5 Å². The van der Waals surface area contributed by atoms with Crippen molar-refractivity contribution in [2.75, 3.05) is 0 Å². The van der Waals surface area contributed by atoms with Crippen molar-refractivity contribution in [1.82, 2.24) is 0 Å². The molecule has 0 atom stereocenters. The van der Waals surface area contributed by atoms with Crippen molar-refractivity contribution in [1.29, 1.82) is 0 Å². The molecule has 0 heterocycles. The van der Waals surface area contributed by atoms with Gasteiger partial charge in [0.1, 0.15) is 0 Å². The first-order valence-corrected chi connectivity index (χ1v) is 11.2. The Morgan fingerprint density at radius 2 is 0.656 bits per heavy atom. The number of benzene rings is 11. The van der Waals surface area contributed by atoms with Crippen LogP contribution in [0, 0.1) is 0 Å². The third-order valence-electron chi connectivity index (χ3n) is 7.33. The second kappa shape index (κ2) is 5.75. The zero-order valence-electron chi connectivity index (χ0n) is 17.4. The second-order valence-corrected chi connectivity index (χ2v) is 8.94. The van der Waals surface area contributed by atoms with Crippen LogP contribution in [0.25, 0.3) is 75.4 Å². The van der Waals surface area contributed by atoms with Crippen LogP contribution in [0.2, 0.25) is 0 Å². The molecular weight excluding hydrogens is 384 g/mol. The quantitative estimate of drug-likeness (QED) is 0.222. The molecule has 0 unspecified atom stereocenters. The van der Waals surface area contributed by atoms with Crippen molar-refractivity contribution in [2.45, 2.75) is 0 Å². The van der Waals surface area contributed by atoms with E-state index in [-0.39, 0.29) is 0 Å². The molecule has 0 saturated carbocycles. The molecule has 0 saturated heterocycles. The van der Waals surface area contributed by atoms with E-state index in [1.54, 1.807) is 0 Å². The topological polar surface area (TPSA) is 0 Å². The highest BCUT2D eigenvalue weighted by atomic mass is 14.2. The highest BCUT2D eigenvalue weighted by Crippen LogP contribution is 2.44. The average molecular weight is 402 g/mol. The largest absolute Gasteiger partial charge is 0.0610 e. The zero-order valence-corrected chi connectivity index (χ0v) is 17.4. The van der Waals surface area contributed by atoms with Gasteiger partial charge >= 0.3 is 0 Å². The smallest absolute Gasteiger partial charge is 0.00201 e. The molecule has 0 amide bonds. The van der Waals surface area contributed by atoms with E-state index in [2.05, 4.69) is 109 Å². The van der Waals surface area contributed by atoms with Gasteiger partial charge in [-0.25, -0.2) is 0 Å². The van der Waals surface area contributed by atoms with Gasteiger partial charge in [-0.15, -0.1) is 0 Å². The van der Waals surface area contributed by atoms with E-state index in [1.807, 2.05) is 0 Å². The van der Waals surface area contributed by atoms with Crippen LogP contribution in [0.15, 0.2) is 109 Å². The molecule has 0 aliphatic rings. The van der Waals surface area contributed by atoms with Crippen LogP contribution in [-0.4, -0.2) is 0 Å². The summed E-state index contributed by atoms with van der Waals surface area (Å²) < 4.78 is 0. The summed E-state index contributed by atoms with van der Waals surface area (Å²) in [5, 5.41) is 19.5. The average Bonchev–Trinajstić information content (AvgIpc) is 2.87. The number of rotatable bonds is 0. The fourth-order valence-corrected chi connectivity index (χ4v) is 5.95. The number of hydrogen-bond acceptors (Lipinski definition) is 0. The van der Waals surface area contributed by atoms with Crippen LogP contribution < -0.4 is 0 Å². The Morgan fingerprint density at radius 1 is 0.250 bits per heavy atom. The molecule has 6 bridgehead atoms. The predicted molar refractivity (Wildman–Crippen MR) is 140 cm³/mol. The van der Waals surface area contributed by atoms with E-state index in [1.165, 1.54) is 75.4 Å². The molecule has 0 aliphatic heterocycles. The fourth-order valence-electron chi connectivity index (χ4n) is 5.95. The van der Waals surface area contributed by atoms with E-state index >= 15 is 0 Å². The molecule has 0 fully saturated rings. The third kappa shape index (κ3) is 1.98. The first-order valence-electron chi connectivity index (χ1n) is 11.2. The van der Waals surface area contributed by atoms with Gasteiger partial charge in [0.25, 0.3) is 0 Å². The number of fused-ring (bicyclic) bond motifs is 1. The minimum absolute atomic E-state index is 1.34. The van der Waals surface area contributed by atoms with Crippen LogP contribution in [-0.2, 0) is 0 Å². The van der Waals surface area contributed by atoms with E-state index in [0.29, 0.717) is 0 Å². The van der Waals surface area contributed by atoms with Crippen molar-refractivity contribution in [2.24, 2.45) is 0 Å². The number of hydrogen-bond donors (Lipinski definition) is 0. The SMILES string of the molecule is c1cc2ccc3c4ccc5cc4c(c1)c2c53.c1cc2ccc3cccc4ccc(c1)c2c34. The maximum atomic E-state index is 2.33. The molecule has 11 aromatic rings. The maximum Gasteiger partial charge on any atom is -0.00201 e. The van der Waals surface area contributed by atoms with Gasteiger partial charge in [-0.1, -0.05) is 103 Å². The van der Waals surface area contributed by atoms with Gasteiger partial charge in [0.05, 0.1) is 0 Å². The van der Waals surface area contributed by atoms with E-state index in [4.69, 9.17) is 0 Å². The molecule has 0 nitrogen and oxygen atoms in total. The van der Waals surface area contributed by atoms with Gasteiger partial charge in [0.2, 0.25) is 0 Å². The molecule has 11 aromatic carbocycles. The summed E-state index contributed by atoms with van der Waals surface area (Å²) in [4.78, 5) is 0. The van der Waals surface area contributed by atoms with Crippen LogP contribution >= 0.6 is 0 Å². The van der Waals surface area contributed by atoms with E-state index in [9.17, 15) is 0 Å². The van der Waals surface area contributed by atoms with Crippen molar-refractivity contribution in [3.05, 3.63) is 109 Å². The molecule has 146 valence electrons. The Bertz CT molecular complexity index is 1840. The predicted octanol–water partition coefficient (Wildman–Crippen LogP) is 9.20. The molecule has 0 aromatic heterocycles. The standard InChI is InChI=1S/C16H8.C16H10/c1-2-9-4-7-13-11-6-5-10-8-14(11)12(3-1)15(9)16(10)13;1-3-11-7-9-13-5-2-6-14-10-8-12(4-1)15(11)16(13)14/h1-8H;1-10H. The second-order valence-electron chi connectivity index (χ2n) is 8.94. The molecule has 32 heavy (non-hydrogen) atoms. The minimum atomic E-state index is 1.34. The molecule has 11 rings (SSSR count). The molecular formula is C32H18. The van der Waals surface area contributed by atoms with Crippen LogP contribution in [0.3, 0.4) is 0 Å². The lowest BCUT2D eigenvalue weighted by Gasteiger charge is -2.18. The Balaban J connectivity index is 0.000000106. The first kappa shape index (κ1) is 16.5. The molecule has 0 spiro atoms. The first-order chi connectivity index (χ1) is 15.9. The van der Waals surface area contributed by atoms with Gasteiger partial charge in [0.15, 0.2) is 0 Å². The van der Waals surface area contributed by atoms with Crippen molar-refractivity contribution >= 4 is 75.4 Å². The van der Waals surface area contributed by atoms with E-state index in [0.717, 1.165) is 0 Å². The van der Waals surface area contributed by atoms with Gasteiger partial charge < -0.3 is 0 Å². The molecule has 0 heteroatoms. The normalized spacial score (nSPS) is 12.4. The molecule has 0 aliphatic carbocycles. The molecule has 0 radical (unpaired) electrons. The fraction of sp³-hybridized carbons (Fsp3) is 0. The summed E-state index contributed by atoms with van der Waals surface area (Å²) in [6.07, 6.45) is 0. The summed E-state index contributed by atoms with van der Waals surface area (Å²) in [5.74, 6) is 0. The van der Waals surface area contributed by atoms with Crippen LogP contribution in [0.4, 0.5) is 0 Å². The Labute approximate surface area is 184 Å². The lowest BCUT2D eigenvalue weighted by molar-refractivity contribution is 1.78. The maximum absolute atomic E-state index is 2.33. The van der Waals surface area contributed by atoms with Crippen molar-refractivity contribution in [3.8, 4) is 0 Å². The zero-order chi connectivity index (χ0) is 20.8. The van der Waals surface area contributed by atoms with Gasteiger partial charge in [-0.3, -0.25) is 0 Å². The summed E-state index contributed by atoms with van der Waals surface area (Å²) in [7, 11) is 0. The van der Waals surface area contributed by atoms with E-state index < -0.39 is 0 Å². The summed E-state index contributed by atoms with van der Waals surface area (Å²) in [5.41, 5.74) is 0. The summed E-state index contributed by atoms with van der Waals surface area (Å²) in [6.45, 7) is 0. The lowest BCUT2D eigenvalue weighted by atomic mass is 9.85. The van der Waals surface area contributed by atoms with Crippen molar-refractivity contribution in [3.63, 3.8) is 0 Å². The van der Waals surface area contributed by atoms with Crippen LogP contribution in [0.5, 0.6) is 0 Å². The minimum Gasteiger partial charge on any atom is -0.0610 e. The Hall–Kier alpha value is -4.16. The van der Waals surface area contributed by atoms with Gasteiger partial charge in [0, 0.05) is 0 Å². The van der Waals surface area contributed by atoms with Crippen LogP contribution in [0.1, 0.15) is 0 Å². The third-order valence-corrected chi connectivity index (χ3v) is 7.33. The highest BCUT2D eigenvalue weighted by Gasteiger charge is 2.16. The molecule has 0 N–H and O–H groups in total. The Kier molecular flexibility index (Phi) is 2.97. The van der Waals surface area contributed by atoms with Crippen molar-refractivity contribution < 1.29 is 0 Å². The highest BCUT2D eigenvalue weighted by molar-refractivity contribution is 6.37. The lowest BCUT2D eigenvalue weighted by Crippen LogP contribution is -1.90. The Morgan fingerprint density at radius 3 is 1.28 bits per heavy atom. The monoisotopic (exact) mass is 402 g/mol. The summed E-state index contributed by atoms with van der Waals surface area (Å²) >= 11 is 0. The summed E-state index contributed by atoms with van der Waals surface area (Å²) in [6, 6.07) is 39.8.